The Morgan fingerprint density at radius 1 is 1.04 bits per heavy atom. The van der Waals surface area contributed by atoms with Crippen molar-refractivity contribution in [2.45, 2.75) is 19.8 Å². The molecule has 1 saturated heterocycles. The van der Waals surface area contributed by atoms with Gasteiger partial charge >= 0.3 is 0 Å². The van der Waals surface area contributed by atoms with Gasteiger partial charge < -0.3 is 14.7 Å². The highest BCUT2D eigenvalue weighted by Crippen LogP contribution is 2.25. The summed E-state index contributed by atoms with van der Waals surface area (Å²) in [5.74, 6) is 1.86. The number of benzene rings is 1. The van der Waals surface area contributed by atoms with Crippen LogP contribution in [0.5, 0.6) is 0 Å². The van der Waals surface area contributed by atoms with Gasteiger partial charge in [0.25, 0.3) is 0 Å². The molecule has 2 heterocycles. The summed E-state index contributed by atoms with van der Waals surface area (Å²) in [5.41, 5.74) is 2.15. The monoisotopic (exact) mass is 339 g/mol. The van der Waals surface area contributed by atoms with Gasteiger partial charge in [-0.25, -0.2) is 4.98 Å². The van der Waals surface area contributed by atoms with E-state index in [2.05, 4.69) is 66.1 Å². The molecule has 0 spiro atoms. The molecule has 1 aliphatic rings. The molecule has 0 aliphatic carbocycles. The Kier molecular flexibility index (Phi) is 5.87. The molecule has 0 radical (unpaired) electrons. The minimum atomic E-state index is 0.854. The molecule has 0 bridgehead atoms. The third-order valence-electron chi connectivity index (χ3n) is 4.79. The molecule has 1 aliphatic heterocycles. The van der Waals surface area contributed by atoms with Crippen LogP contribution in [0.4, 0.5) is 11.8 Å². The van der Waals surface area contributed by atoms with Crippen LogP contribution in [-0.4, -0.2) is 61.7 Å². The molecular weight excluding hydrogens is 310 g/mol. The van der Waals surface area contributed by atoms with Gasteiger partial charge in [-0.3, -0.25) is 0 Å². The molecule has 0 unspecified atom stereocenters. The molecule has 5 heteroatoms. The van der Waals surface area contributed by atoms with Crippen LogP contribution < -0.4 is 9.80 Å². The van der Waals surface area contributed by atoms with Crippen molar-refractivity contribution in [3.8, 4) is 11.3 Å². The number of likely N-dealkylation sites (N-methyl/N-ethyl adjacent to an activating group) is 1. The van der Waals surface area contributed by atoms with Gasteiger partial charge in [0, 0.05) is 51.4 Å². The first-order valence-corrected chi connectivity index (χ1v) is 9.26. The van der Waals surface area contributed by atoms with Crippen molar-refractivity contribution in [2.24, 2.45) is 0 Å². The second-order valence-electron chi connectivity index (χ2n) is 6.84. The van der Waals surface area contributed by atoms with E-state index in [-0.39, 0.29) is 0 Å². The number of nitrogens with zero attached hydrogens (tertiary/aromatic N) is 5. The van der Waals surface area contributed by atoms with Crippen molar-refractivity contribution >= 4 is 11.8 Å². The van der Waals surface area contributed by atoms with Gasteiger partial charge in [-0.15, -0.1) is 0 Å². The molecule has 1 aromatic carbocycles. The van der Waals surface area contributed by atoms with Crippen molar-refractivity contribution in [3.05, 3.63) is 36.4 Å². The predicted octanol–water partition coefficient (Wildman–Crippen LogP) is 3.13. The number of hydrogen-bond acceptors (Lipinski definition) is 5. The highest BCUT2D eigenvalue weighted by atomic mass is 15.3. The van der Waals surface area contributed by atoms with Gasteiger partial charge in [0.15, 0.2) is 0 Å². The van der Waals surface area contributed by atoms with Crippen molar-refractivity contribution in [2.75, 3.05) is 56.6 Å². The van der Waals surface area contributed by atoms with E-state index in [0.717, 1.165) is 55.7 Å². The number of rotatable bonds is 6. The van der Waals surface area contributed by atoms with Crippen LogP contribution in [0.1, 0.15) is 19.8 Å². The first-order valence-electron chi connectivity index (χ1n) is 9.26. The van der Waals surface area contributed by atoms with E-state index in [1.165, 1.54) is 12.8 Å². The molecule has 0 atom stereocenters. The Hall–Kier alpha value is -2.14. The lowest BCUT2D eigenvalue weighted by atomic mass is 10.1. The number of hydrogen-bond donors (Lipinski definition) is 0. The summed E-state index contributed by atoms with van der Waals surface area (Å²) in [4.78, 5) is 16.7. The van der Waals surface area contributed by atoms with E-state index in [4.69, 9.17) is 9.97 Å². The van der Waals surface area contributed by atoms with Crippen LogP contribution in [0.2, 0.25) is 0 Å². The lowest BCUT2D eigenvalue weighted by Crippen LogP contribution is -2.45. The summed E-state index contributed by atoms with van der Waals surface area (Å²) in [7, 11) is 4.29. The summed E-state index contributed by atoms with van der Waals surface area (Å²) in [6.45, 7) is 7.31. The zero-order chi connectivity index (χ0) is 17.6. The second kappa shape index (κ2) is 8.30. The van der Waals surface area contributed by atoms with Crippen LogP contribution in [-0.2, 0) is 0 Å². The summed E-state index contributed by atoms with van der Waals surface area (Å²) < 4.78 is 0. The third-order valence-corrected chi connectivity index (χ3v) is 4.79. The maximum Gasteiger partial charge on any atom is 0.227 e. The molecular formula is C20H29N5. The number of aromatic nitrogens is 2. The minimum Gasteiger partial charge on any atom is -0.359 e. The lowest BCUT2D eigenvalue weighted by molar-refractivity contribution is 0.311. The van der Waals surface area contributed by atoms with Crippen LogP contribution in [0, 0.1) is 0 Å². The zero-order valence-corrected chi connectivity index (χ0v) is 15.6. The van der Waals surface area contributed by atoms with E-state index in [1.54, 1.807) is 0 Å². The Morgan fingerprint density at radius 2 is 1.76 bits per heavy atom. The van der Waals surface area contributed by atoms with Gasteiger partial charge in [0.1, 0.15) is 5.82 Å². The van der Waals surface area contributed by atoms with Crippen LogP contribution in [0.15, 0.2) is 36.4 Å². The average Bonchev–Trinajstić information content (AvgIpc) is 2.67. The topological polar surface area (TPSA) is 35.5 Å². The molecule has 134 valence electrons. The smallest absolute Gasteiger partial charge is 0.227 e. The van der Waals surface area contributed by atoms with Gasteiger partial charge in [-0.1, -0.05) is 43.7 Å². The molecule has 25 heavy (non-hydrogen) atoms. The van der Waals surface area contributed by atoms with Crippen molar-refractivity contribution in [1.29, 1.82) is 0 Å². The van der Waals surface area contributed by atoms with Gasteiger partial charge in [0.05, 0.1) is 5.69 Å². The molecule has 2 aromatic rings. The Balaban J connectivity index is 1.93. The standard InChI is InChI=1S/C20H29N5/c1-4-5-11-24(3)19-16-18(17-9-7-6-8-10-17)21-20(22-19)25-14-12-23(2)13-15-25/h6-10,16H,4-5,11-15H2,1-3H3. The summed E-state index contributed by atoms with van der Waals surface area (Å²) in [6.07, 6.45) is 2.36. The normalized spacial score (nSPS) is 15.4. The maximum absolute atomic E-state index is 4.88. The first kappa shape index (κ1) is 17.7. The SMILES string of the molecule is CCCCN(C)c1cc(-c2ccccc2)nc(N2CCN(C)CC2)n1. The number of anilines is 2. The Bertz CT molecular complexity index is 665. The quantitative estimate of drug-likeness (QED) is 0.808. The third kappa shape index (κ3) is 4.48. The molecule has 0 saturated carbocycles. The van der Waals surface area contributed by atoms with E-state index in [0.29, 0.717) is 0 Å². The first-order chi connectivity index (χ1) is 12.2. The van der Waals surface area contributed by atoms with Crippen LogP contribution in [0.3, 0.4) is 0 Å². The molecule has 0 amide bonds. The van der Waals surface area contributed by atoms with Gasteiger partial charge in [-0.05, 0) is 13.5 Å². The molecule has 1 fully saturated rings. The largest absolute Gasteiger partial charge is 0.359 e. The Labute approximate surface area is 151 Å². The Morgan fingerprint density at radius 3 is 2.44 bits per heavy atom. The average molecular weight is 339 g/mol. The highest BCUT2D eigenvalue weighted by molar-refractivity contribution is 5.65. The van der Waals surface area contributed by atoms with E-state index >= 15 is 0 Å². The molecule has 3 rings (SSSR count). The summed E-state index contributed by atoms with van der Waals surface area (Å²) >= 11 is 0. The van der Waals surface area contributed by atoms with Crippen molar-refractivity contribution in [3.63, 3.8) is 0 Å². The summed E-state index contributed by atoms with van der Waals surface area (Å²) in [5, 5.41) is 0. The predicted molar refractivity (Wildman–Crippen MR) is 105 cm³/mol. The maximum atomic E-state index is 4.88. The van der Waals surface area contributed by atoms with E-state index in [1.807, 2.05) is 6.07 Å². The fraction of sp³-hybridized carbons (Fsp3) is 0.500. The minimum absolute atomic E-state index is 0.854. The van der Waals surface area contributed by atoms with E-state index < -0.39 is 0 Å². The number of unbranched alkanes of at least 4 members (excludes halogenated alkanes) is 1. The van der Waals surface area contributed by atoms with E-state index in [9.17, 15) is 0 Å². The zero-order valence-electron chi connectivity index (χ0n) is 15.6. The molecule has 1 aromatic heterocycles. The van der Waals surface area contributed by atoms with Crippen LogP contribution >= 0.6 is 0 Å². The fourth-order valence-corrected chi connectivity index (χ4v) is 3.03. The fourth-order valence-electron chi connectivity index (χ4n) is 3.03. The van der Waals surface area contributed by atoms with Gasteiger partial charge in [0.2, 0.25) is 5.95 Å². The number of piperazine rings is 1. The van der Waals surface area contributed by atoms with Crippen LogP contribution in [0.25, 0.3) is 11.3 Å². The summed E-state index contributed by atoms with van der Waals surface area (Å²) in [6, 6.07) is 12.5. The van der Waals surface area contributed by atoms with Gasteiger partial charge in [-0.2, -0.15) is 4.98 Å². The second-order valence-corrected chi connectivity index (χ2v) is 6.84. The van der Waals surface area contributed by atoms with Crippen molar-refractivity contribution < 1.29 is 0 Å². The molecule has 0 N–H and O–H groups in total. The highest BCUT2D eigenvalue weighted by Gasteiger charge is 2.19. The lowest BCUT2D eigenvalue weighted by Gasteiger charge is -2.33. The van der Waals surface area contributed by atoms with Crippen molar-refractivity contribution in [1.82, 2.24) is 14.9 Å². The molecule has 5 nitrogen and oxygen atoms in total.